The zero-order valence-corrected chi connectivity index (χ0v) is 14.4. The van der Waals surface area contributed by atoms with Crippen LogP contribution in [-0.4, -0.2) is 30.9 Å². The molecular formula is C20H21F2NO3. The summed E-state index contributed by atoms with van der Waals surface area (Å²) in [5.74, 6) is 0.343. The monoisotopic (exact) mass is 361 g/mol. The highest BCUT2D eigenvalue weighted by Crippen LogP contribution is 2.34. The number of fused-ring (bicyclic) bond motifs is 2. The van der Waals surface area contributed by atoms with E-state index in [1.165, 1.54) is 24.3 Å². The Bertz CT molecular complexity index is 778. The molecule has 6 heteroatoms. The van der Waals surface area contributed by atoms with Crippen LogP contribution in [0.4, 0.5) is 8.78 Å². The highest BCUT2D eigenvalue weighted by atomic mass is 19.1. The van der Waals surface area contributed by atoms with Crippen LogP contribution in [0.5, 0.6) is 11.5 Å². The van der Waals surface area contributed by atoms with E-state index in [0.717, 1.165) is 30.5 Å². The lowest BCUT2D eigenvalue weighted by molar-refractivity contribution is -0.183. The Labute approximate surface area is 151 Å². The lowest BCUT2D eigenvalue weighted by Gasteiger charge is -2.30. The van der Waals surface area contributed by atoms with Crippen LogP contribution in [0.2, 0.25) is 0 Å². The van der Waals surface area contributed by atoms with Crippen molar-refractivity contribution in [1.29, 1.82) is 0 Å². The molecule has 4 rings (SSSR count). The van der Waals surface area contributed by atoms with Gasteiger partial charge in [0, 0.05) is 43.2 Å². The normalized spacial score (nSPS) is 18.4. The molecule has 0 aliphatic carbocycles. The van der Waals surface area contributed by atoms with E-state index in [1.54, 1.807) is 12.1 Å². The Hall–Kier alpha value is -2.02. The van der Waals surface area contributed by atoms with E-state index < -0.39 is 0 Å². The van der Waals surface area contributed by atoms with Gasteiger partial charge in [0.05, 0.1) is 13.2 Å². The van der Waals surface area contributed by atoms with E-state index >= 15 is 0 Å². The molecule has 2 aromatic carbocycles. The molecule has 0 amide bonds. The van der Waals surface area contributed by atoms with Crippen LogP contribution in [0.1, 0.15) is 24.0 Å². The van der Waals surface area contributed by atoms with Crippen molar-refractivity contribution in [3.05, 3.63) is 59.2 Å². The van der Waals surface area contributed by atoms with E-state index in [4.69, 9.17) is 14.2 Å². The summed E-state index contributed by atoms with van der Waals surface area (Å²) in [6.07, 6.45) is 1.44. The lowest BCUT2D eigenvalue weighted by Crippen LogP contribution is -2.32. The fourth-order valence-corrected chi connectivity index (χ4v) is 3.33. The molecule has 0 N–H and O–H groups in total. The fourth-order valence-electron chi connectivity index (χ4n) is 3.33. The third-order valence-electron chi connectivity index (χ3n) is 4.64. The Morgan fingerprint density at radius 1 is 0.885 bits per heavy atom. The van der Waals surface area contributed by atoms with E-state index in [2.05, 4.69) is 4.90 Å². The molecule has 0 radical (unpaired) electrons. The minimum atomic E-state index is -0.358. The predicted octanol–water partition coefficient (Wildman–Crippen LogP) is 4.23. The van der Waals surface area contributed by atoms with Gasteiger partial charge in [-0.3, -0.25) is 4.90 Å². The second kappa shape index (κ2) is 7.70. The molecule has 4 nitrogen and oxygen atoms in total. The smallest absolute Gasteiger partial charge is 0.158 e. The average molecular weight is 361 g/mol. The number of halogens is 2. The van der Waals surface area contributed by atoms with Gasteiger partial charge in [0.25, 0.3) is 0 Å². The first-order chi connectivity index (χ1) is 12.7. The molecule has 2 heterocycles. The predicted molar refractivity (Wildman–Crippen MR) is 91.9 cm³/mol. The Morgan fingerprint density at radius 2 is 1.62 bits per heavy atom. The van der Waals surface area contributed by atoms with Crippen molar-refractivity contribution in [2.45, 2.75) is 32.2 Å². The van der Waals surface area contributed by atoms with Gasteiger partial charge in [0.1, 0.15) is 23.1 Å². The average Bonchev–Trinajstić information content (AvgIpc) is 2.63. The third-order valence-corrected chi connectivity index (χ3v) is 4.64. The van der Waals surface area contributed by atoms with E-state index in [-0.39, 0.29) is 17.9 Å². The van der Waals surface area contributed by atoms with Crippen molar-refractivity contribution >= 4 is 0 Å². The molecule has 0 unspecified atom stereocenters. The molecule has 2 aliphatic heterocycles. The summed E-state index contributed by atoms with van der Waals surface area (Å²) in [6, 6.07) is 8.96. The fraction of sp³-hybridized carbons (Fsp3) is 0.400. The summed E-state index contributed by atoms with van der Waals surface area (Å²) >= 11 is 0. The Morgan fingerprint density at radius 3 is 2.46 bits per heavy atom. The second-order valence-electron chi connectivity index (χ2n) is 6.63. The molecule has 0 spiro atoms. The SMILES string of the molecule is Fc1ccc2c(c1)CN(CCC1OCCCO1)Cc1ccc(F)cc1O2. The van der Waals surface area contributed by atoms with Crippen LogP contribution in [0, 0.1) is 11.6 Å². The van der Waals surface area contributed by atoms with Crippen LogP contribution in [0.3, 0.4) is 0 Å². The second-order valence-corrected chi connectivity index (χ2v) is 6.63. The molecule has 1 fully saturated rings. The van der Waals surface area contributed by atoms with Gasteiger partial charge in [-0.2, -0.15) is 0 Å². The molecule has 1 saturated heterocycles. The quantitative estimate of drug-likeness (QED) is 0.819. The maximum absolute atomic E-state index is 13.7. The maximum Gasteiger partial charge on any atom is 0.158 e. The van der Waals surface area contributed by atoms with Gasteiger partial charge < -0.3 is 14.2 Å². The summed E-state index contributed by atoms with van der Waals surface area (Å²) in [4.78, 5) is 2.18. The molecule has 138 valence electrons. The van der Waals surface area contributed by atoms with E-state index in [9.17, 15) is 8.78 Å². The standard InChI is InChI=1S/C20H21F2NO3/c21-16-4-5-18-15(10-16)13-23(7-6-20-24-8-1-9-25-20)12-14-2-3-17(22)11-19(14)26-18/h2-5,10-11,20H,1,6-9,12-13H2. The first-order valence-corrected chi connectivity index (χ1v) is 8.88. The van der Waals surface area contributed by atoms with Crippen LogP contribution in [0.15, 0.2) is 36.4 Å². The van der Waals surface area contributed by atoms with E-state index in [1.807, 2.05) is 0 Å². The summed E-state index contributed by atoms with van der Waals surface area (Å²) in [7, 11) is 0. The highest BCUT2D eigenvalue weighted by Gasteiger charge is 2.21. The third kappa shape index (κ3) is 4.03. The molecule has 2 aliphatic rings. The van der Waals surface area contributed by atoms with Crippen LogP contribution in [-0.2, 0) is 22.6 Å². The van der Waals surface area contributed by atoms with Crippen molar-refractivity contribution < 1.29 is 23.0 Å². The zero-order valence-electron chi connectivity index (χ0n) is 14.4. The van der Waals surface area contributed by atoms with Crippen molar-refractivity contribution in [2.75, 3.05) is 19.8 Å². The number of benzene rings is 2. The largest absolute Gasteiger partial charge is 0.457 e. The van der Waals surface area contributed by atoms with Gasteiger partial charge in [-0.15, -0.1) is 0 Å². The lowest BCUT2D eigenvalue weighted by atomic mass is 10.1. The van der Waals surface area contributed by atoms with Crippen molar-refractivity contribution in [3.63, 3.8) is 0 Å². The highest BCUT2D eigenvalue weighted by molar-refractivity contribution is 5.43. The molecule has 0 saturated carbocycles. The number of ether oxygens (including phenoxy) is 3. The van der Waals surface area contributed by atoms with Gasteiger partial charge in [-0.1, -0.05) is 6.07 Å². The number of hydrogen-bond donors (Lipinski definition) is 0. The topological polar surface area (TPSA) is 30.9 Å². The molecule has 0 aromatic heterocycles. The first-order valence-electron chi connectivity index (χ1n) is 8.88. The van der Waals surface area contributed by atoms with Gasteiger partial charge >= 0.3 is 0 Å². The van der Waals surface area contributed by atoms with Gasteiger partial charge in [-0.25, -0.2) is 8.78 Å². The van der Waals surface area contributed by atoms with Crippen LogP contribution in [0.25, 0.3) is 0 Å². The van der Waals surface area contributed by atoms with Crippen molar-refractivity contribution in [3.8, 4) is 11.5 Å². The summed E-state index contributed by atoms with van der Waals surface area (Å²) in [5.41, 5.74) is 1.64. The van der Waals surface area contributed by atoms with Crippen molar-refractivity contribution in [1.82, 2.24) is 4.90 Å². The van der Waals surface area contributed by atoms with Crippen LogP contribution < -0.4 is 4.74 Å². The molecule has 2 aromatic rings. The summed E-state index contributed by atoms with van der Waals surface area (Å²) in [5, 5.41) is 0. The number of hydrogen-bond acceptors (Lipinski definition) is 4. The minimum absolute atomic E-state index is 0.204. The summed E-state index contributed by atoms with van der Waals surface area (Å²) < 4.78 is 44.5. The first kappa shape index (κ1) is 17.4. The Kier molecular flexibility index (Phi) is 5.15. The van der Waals surface area contributed by atoms with Crippen molar-refractivity contribution in [2.24, 2.45) is 0 Å². The van der Waals surface area contributed by atoms with Gasteiger partial charge in [0.15, 0.2) is 6.29 Å². The number of rotatable bonds is 3. The number of nitrogens with zero attached hydrogens (tertiary/aromatic N) is 1. The van der Waals surface area contributed by atoms with Gasteiger partial charge in [-0.05, 0) is 30.7 Å². The maximum atomic E-state index is 13.7. The van der Waals surface area contributed by atoms with Gasteiger partial charge in [0.2, 0.25) is 0 Å². The van der Waals surface area contributed by atoms with Crippen LogP contribution >= 0.6 is 0 Å². The molecular weight excluding hydrogens is 340 g/mol. The molecule has 0 atom stereocenters. The summed E-state index contributed by atoms with van der Waals surface area (Å²) in [6.45, 7) is 3.27. The minimum Gasteiger partial charge on any atom is -0.457 e. The molecule has 26 heavy (non-hydrogen) atoms. The van der Waals surface area contributed by atoms with E-state index in [0.29, 0.717) is 37.8 Å². The zero-order chi connectivity index (χ0) is 17.9. The molecule has 0 bridgehead atoms. The Balaban J connectivity index is 1.58.